The number of amides is 2. The van der Waals surface area contributed by atoms with E-state index in [2.05, 4.69) is 20.3 Å². The monoisotopic (exact) mass is 403 g/mol. The molecular weight excluding hydrogens is 374 g/mol. The summed E-state index contributed by atoms with van der Waals surface area (Å²) in [5.41, 5.74) is 3.98. The summed E-state index contributed by atoms with van der Waals surface area (Å²) < 4.78 is 14.0. The van der Waals surface area contributed by atoms with Crippen molar-refractivity contribution < 1.29 is 19.1 Å². The van der Waals surface area contributed by atoms with Crippen molar-refractivity contribution in [2.24, 2.45) is 0 Å². The van der Waals surface area contributed by atoms with Gasteiger partial charge in [-0.15, -0.1) is 0 Å². The van der Waals surface area contributed by atoms with Gasteiger partial charge in [0.2, 0.25) is 0 Å². The van der Waals surface area contributed by atoms with E-state index in [0.717, 1.165) is 23.6 Å². The molecule has 29 heavy (non-hydrogen) atoms. The molecule has 2 aromatic heterocycles. The minimum Gasteiger partial charge on any atom is -0.383 e. The Bertz CT molecular complexity index is 862. The summed E-state index contributed by atoms with van der Waals surface area (Å²) in [5, 5.41) is 10.2. The van der Waals surface area contributed by atoms with Gasteiger partial charge in [-0.1, -0.05) is 0 Å². The lowest BCUT2D eigenvalue weighted by molar-refractivity contribution is 0.0921. The molecule has 2 aromatic rings. The van der Waals surface area contributed by atoms with E-state index in [0.29, 0.717) is 44.0 Å². The summed E-state index contributed by atoms with van der Waals surface area (Å²) >= 11 is 0. The van der Waals surface area contributed by atoms with Crippen molar-refractivity contribution in [1.29, 1.82) is 0 Å². The number of nitrogens with one attached hydrogen (secondary N) is 2. The van der Waals surface area contributed by atoms with E-state index in [1.165, 1.54) is 0 Å². The molecule has 0 bridgehead atoms. The molecule has 0 radical (unpaired) electrons. The Morgan fingerprint density at radius 2 is 1.93 bits per heavy atom. The van der Waals surface area contributed by atoms with Crippen molar-refractivity contribution in [2.45, 2.75) is 39.4 Å². The van der Waals surface area contributed by atoms with Gasteiger partial charge in [-0.25, -0.2) is 0 Å². The van der Waals surface area contributed by atoms with Crippen LogP contribution in [-0.2, 0) is 29.0 Å². The summed E-state index contributed by atoms with van der Waals surface area (Å²) in [6.07, 6.45) is 0.645. The van der Waals surface area contributed by atoms with E-state index in [9.17, 15) is 9.59 Å². The van der Waals surface area contributed by atoms with Crippen LogP contribution in [0, 0.1) is 13.8 Å². The number of carbonyl (C=O) groups is 2. The first kappa shape index (κ1) is 21.1. The van der Waals surface area contributed by atoms with Crippen LogP contribution < -0.4 is 10.6 Å². The number of carbonyl (C=O) groups excluding carboxylic acids is 2. The van der Waals surface area contributed by atoms with Gasteiger partial charge in [0, 0.05) is 50.8 Å². The Hall–Kier alpha value is -2.65. The first-order chi connectivity index (χ1) is 13.9. The van der Waals surface area contributed by atoms with E-state index in [1.807, 2.05) is 19.9 Å². The summed E-state index contributed by atoms with van der Waals surface area (Å²) in [7, 11) is 3.25. The highest BCUT2D eigenvalue weighted by atomic mass is 16.5. The third-order valence-corrected chi connectivity index (χ3v) is 5.21. The molecule has 9 heteroatoms. The van der Waals surface area contributed by atoms with Crippen LogP contribution in [0.2, 0.25) is 0 Å². The van der Waals surface area contributed by atoms with E-state index in [-0.39, 0.29) is 17.9 Å². The number of ether oxygens (including phenoxy) is 2. The van der Waals surface area contributed by atoms with Crippen LogP contribution >= 0.6 is 0 Å². The average Bonchev–Trinajstić information content (AvgIpc) is 3.32. The van der Waals surface area contributed by atoms with Crippen LogP contribution in [0.5, 0.6) is 0 Å². The van der Waals surface area contributed by atoms with Gasteiger partial charge in [-0.2, -0.15) is 5.10 Å². The lowest BCUT2D eigenvalue weighted by Gasteiger charge is -2.13. The molecule has 2 amide bonds. The zero-order chi connectivity index (χ0) is 21.0. The molecule has 3 rings (SSSR count). The summed E-state index contributed by atoms with van der Waals surface area (Å²) in [6, 6.07) is 3.65. The first-order valence-corrected chi connectivity index (χ1v) is 9.75. The van der Waals surface area contributed by atoms with Crippen molar-refractivity contribution >= 4 is 11.8 Å². The van der Waals surface area contributed by atoms with E-state index < -0.39 is 0 Å². The van der Waals surface area contributed by atoms with Crippen LogP contribution in [0.1, 0.15) is 37.9 Å². The fraction of sp³-hybridized carbons (Fsp3) is 0.550. The predicted molar refractivity (Wildman–Crippen MR) is 107 cm³/mol. The highest BCUT2D eigenvalue weighted by Crippen LogP contribution is 2.19. The minimum atomic E-state index is -0.215. The number of methoxy groups -OCH3 is 2. The molecule has 1 aliphatic rings. The molecule has 0 spiro atoms. The number of hydrogen-bond donors (Lipinski definition) is 2. The van der Waals surface area contributed by atoms with Gasteiger partial charge >= 0.3 is 0 Å². The SMILES string of the molecule is COCCNC(=O)c1cc2n(n1)C[C@@H](NC(=O)c1cc(C)n(CCOC)c1C)C2. The van der Waals surface area contributed by atoms with Crippen LogP contribution in [-0.4, -0.2) is 66.2 Å². The molecule has 9 nitrogen and oxygen atoms in total. The lowest BCUT2D eigenvalue weighted by Crippen LogP contribution is -2.36. The second kappa shape index (κ2) is 9.23. The standard InChI is InChI=1S/C20H29N5O4/c1-13-9-17(14(2)24(13)6-8-29-4)19(26)22-15-10-16-11-18(23-25(16)12-15)20(27)21-5-7-28-3/h9,11,15H,5-8,10,12H2,1-4H3,(H,21,27)(H,22,26)/t15-/m0/s1. The highest BCUT2D eigenvalue weighted by molar-refractivity contribution is 5.96. The quantitative estimate of drug-likeness (QED) is 0.600. The van der Waals surface area contributed by atoms with Gasteiger partial charge in [-0.3, -0.25) is 14.3 Å². The molecule has 3 heterocycles. The topological polar surface area (TPSA) is 99.4 Å². The Balaban J connectivity index is 1.59. The normalized spacial score (nSPS) is 15.4. The largest absolute Gasteiger partial charge is 0.383 e. The zero-order valence-corrected chi connectivity index (χ0v) is 17.4. The number of rotatable bonds is 9. The van der Waals surface area contributed by atoms with Crippen molar-refractivity contribution in [1.82, 2.24) is 25.0 Å². The van der Waals surface area contributed by atoms with Crippen LogP contribution in [0.25, 0.3) is 0 Å². The van der Waals surface area contributed by atoms with Gasteiger partial charge < -0.3 is 24.7 Å². The average molecular weight is 403 g/mol. The second-order valence-electron chi connectivity index (χ2n) is 7.26. The van der Waals surface area contributed by atoms with Crippen LogP contribution in [0.15, 0.2) is 12.1 Å². The van der Waals surface area contributed by atoms with Crippen molar-refractivity contribution in [3.63, 3.8) is 0 Å². The van der Waals surface area contributed by atoms with E-state index in [4.69, 9.17) is 9.47 Å². The third-order valence-electron chi connectivity index (χ3n) is 5.21. The lowest BCUT2D eigenvalue weighted by atomic mass is 10.1. The molecular formula is C20H29N5O4. The predicted octanol–water partition coefficient (Wildman–Crippen LogP) is 0.679. The Morgan fingerprint density at radius 3 is 2.62 bits per heavy atom. The fourth-order valence-corrected chi connectivity index (χ4v) is 3.69. The summed E-state index contributed by atoms with van der Waals surface area (Å²) in [5.74, 6) is -0.303. The Morgan fingerprint density at radius 1 is 1.17 bits per heavy atom. The van der Waals surface area contributed by atoms with Gasteiger partial charge in [0.1, 0.15) is 5.69 Å². The smallest absolute Gasteiger partial charge is 0.271 e. The Kier molecular flexibility index (Phi) is 6.71. The molecule has 0 fully saturated rings. The van der Waals surface area contributed by atoms with Gasteiger partial charge in [-0.05, 0) is 26.0 Å². The molecule has 0 aliphatic carbocycles. The van der Waals surface area contributed by atoms with Crippen molar-refractivity contribution in [2.75, 3.05) is 34.0 Å². The van der Waals surface area contributed by atoms with Crippen molar-refractivity contribution in [3.05, 3.63) is 40.5 Å². The molecule has 0 aromatic carbocycles. The number of fused-ring (bicyclic) bond motifs is 1. The van der Waals surface area contributed by atoms with Crippen LogP contribution in [0.3, 0.4) is 0 Å². The second-order valence-corrected chi connectivity index (χ2v) is 7.26. The highest BCUT2D eigenvalue weighted by Gasteiger charge is 2.27. The first-order valence-electron chi connectivity index (χ1n) is 9.75. The van der Waals surface area contributed by atoms with E-state index in [1.54, 1.807) is 25.0 Å². The summed E-state index contributed by atoms with van der Waals surface area (Å²) in [6.45, 7) is 6.71. The zero-order valence-electron chi connectivity index (χ0n) is 17.4. The maximum absolute atomic E-state index is 12.8. The number of aromatic nitrogens is 3. The number of hydrogen-bond acceptors (Lipinski definition) is 5. The fourth-order valence-electron chi connectivity index (χ4n) is 3.69. The van der Waals surface area contributed by atoms with Crippen LogP contribution in [0.4, 0.5) is 0 Å². The molecule has 0 saturated heterocycles. The molecule has 158 valence electrons. The number of nitrogens with zero attached hydrogens (tertiary/aromatic N) is 3. The maximum Gasteiger partial charge on any atom is 0.271 e. The summed E-state index contributed by atoms with van der Waals surface area (Å²) in [4.78, 5) is 24.9. The molecule has 1 atom stereocenters. The molecule has 0 saturated carbocycles. The molecule has 2 N–H and O–H groups in total. The third kappa shape index (κ3) is 4.68. The molecule has 1 aliphatic heterocycles. The van der Waals surface area contributed by atoms with Gasteiger partial charge in [0.15, 0.2) is 0 Å². The Labute approximate surface area is 170 Å². The van der Waals surface area contributed by atoms with Gasteiger partial charge in [0.25, 0.3) is 11.8 Å². The van der Waals surface area contributed by atoms with Crippen molar-refractivity contribution in [3.8, 4) is 0 Å². The van der Waals surface area contributed by atoms with Gasteiger partial charge in [0.05, 0.1) is 31.4 Å². The van der Waals surface area contributed by atoms with E-state index >= 15 is 0 Å². The molecule has 0 unspecified atom stereocenters. The maximum atomic E-state index is 12.8. The number of aryl methyl sites for hydroxylation is 1. The minimum absolute atomic E-state index is 0.0439.